The van der Waals surface area contributed by atoms with Crippen molar-refractivity contribution < 1.29 is 14.2 Å². The minimum atomic E-state index is -0.290. The van der Waals surface area contributed by atoms with Crippen LogP contribution in [0.25, 0.3) is 0 Å². The Bertz CT molecular complexity index is 518. The van der Waals surface area contributed by atoms with Crippen molar-refractivity contribution >= 4 is 22.6 Å². The molecule has 1 heterocycles. The van der Waals surface area contributed by atoms with E-state index >= 15 is 0 Å². The summed E-state index contributed by atoms with van der Waals surface area (Å²) in [6.45, 7) is 7.63. The van der Waals surface area contributed by atoms with E-state index in [4.69, 9.17) is 14.2 Å². The minimum Gasteiger partial charge on any atom is -0.378 e. The van der Waals surface area contributed by atoms with Gasteiger partial charge in [0.25, 0.3) is 0 Å². The van der Waals surface area contributed by atoms with Crippen molar-refractivity contribution in [2.75, 3.05) is 13.7 Å². The molecule has 122 valence electrons. The second-order valence-electron chi connectivity index (χ2n) is 7.53. The number of rotatable bonds is 2. The highest BCUT2D eigenvalue weighted by atomic mass is 127. The zero-order valence-corrected chi connectivity index (χ0v) is 15.9. The van der Waals surface area contributed by atoms with Crippen molar-refractivity contribution in [3.63, 3.8) is 0 Å². The summed E-state index contributed by atoms with van der Waals surface area (Å²) in [5.41, 5.74) is 1.28. The second-order valence-corrected chi connectivity index (χ2v) is 8.87. The van der Waals surface area contributed by atoms with Crippen LogP contribution in [0.1, 0.15) is 39.0 Å². The number of ether oxygens (including phenoxy) is 3. The van der Waals surface area contributed by atoms with E-state index in [0.717, 1.165) is 12.0 Å². The molecule has 1 saturated carbocycles. The first-order valence-electron chi connectivity index (χ1n) is 7.86. The summed E-state index contributed by atoms with van der Waals surface area (Å²) in [6, 6.07) is 10.2. The smallest absolute Gasteiger partial charge is 0.184 e. The fourth-order valence-electron chi connectivity index (χ4n) is 4.08. The first-order chi connectivity index (χ1) is 10.4. The third-order valence-electron chi connectivity index (χ3n) is 5.06. The summed E-state index contributed by atoms with van der Waals surface area (Å²) in [4.78, 5) is 0. The van der Waals surface area contributed by atoms with Gasteiger partial charge in [0.1, 0.15) is 0 Å². The predicted octanol–water partition coefficient (Wildman–Crippen LogP) is 4.36. The highest BCUT2D eigenvalue weighted by Gasteiger charge is 2.57. The third-order valence-corrected chi connectivity index (χ3v) is 7.45. The van der Waals surface area contributed by atoms with Gasteiger partial charge in [0.15, 0.2) is 6.29 Å². The zero-order valence-electron chi connectivity index (χ0n) is 13.7. The fourth-order valence-corrected chi connectivity index (χ4v) is 4.97. The molecule has 4 heteroatoms. The number of halogens is 1. The molecule has 0 aromatic heterocycles. The standard InChI is InChI=1S/C18H25IO3/c1-17(2)10-18(3)11-21-16(12-8-6-5-7-9-12)22-15(18)13(20-4)14(17)19/h5-9,13-16H,10-11H2,1-4H3. The molecule has 0 N–H and O–H groups in total. The summed E-state index contributed by atoms with van der Waals surface area (Å²) in [6.07, 6.45) is 0.942. The van der Waals surface area contributed by atoms with Crippen LogP contribution in [0.3, 0.4) is 0 Å². The zero-order chi connectivity index (χ0) is 16.0. The largest absolute Gasteiger partial charge is 0.378 e. The molecule has 1 saturated heterocycles. The Morgan fingerprint density at radius 1 is 1.18 bits per heavy atom. The molecule has 1 aromatic rings. The lowest BCUT2D eigenvalue weighted by atomic mass is 9.61. The molecule has 5 atom stereocenters. The van der Waals surface area contributed by atoms with Crippen molar-refractivity contribution in [3.05, 3.63) is 35.9 Å². The van der Waals surface area contributed by atoms with Crippen LogP contribution < -0.4 is 0 Å². The highest BCUT2D eigenvalue weighted by molar-refractivity contribution is 14.1. The lowest BCUT2D eigenvalue weighted by molar-refractivity contribution is -0.307. The maximum absolute atomic E-state index is 6.39. The van der Waals surface area contributed by atoms with Crippen molar-refractivity contribution in [2.45, 2.75) is 49.6 Å². The van der Waals surface area contributed by atoms with E-state index in [9.17, 15) is 0 Å². The van der Waals surface area contributed by atoms with E-state index in [-0.39, 0.29) is 29.3 Å². The number of alkyl halides is 1. The topological polar surface area (TPSA) is 27.7 Å². The van der Waals surface area contributed by atoms with Gasteiger partial charge >= 0.3 is 0 Å². The Morgan fingerprint density at radius 2 is 1.86 bits per heavy atom. The van der Waals surface area contributed by atoms with Gasteiger partial charge in [0, 0.05) is 22.0 Å². The lowest BCUT2D eigenvalue weighted by Crippen LogP contribution is -2.62. The van der Waals surface area contributed by atoms with Crippen molar-refractivity contribution in [3.8, 4) is 0 Å². The average Bonchev–Trinajstić information content (AvgIpc) is 2.49. The highest BCUT2D eigenvalue weighted by Crippen LogP contribution is 2.54. The molecule has 3 rings (SSSR count). The molecule has 0 bridgehead atoms. The van der Waals surface area contributed by atoms with Gasteiger partial charge in [-0.25, -0.2) is 0 Å². The molecule has 1 aromatic carbocycles. The average molecular weight is 416 g/mol. The van der Waals surface area contributed by atoms with E-state index in [1.807, 2.05) is 18.2 Å². The number of hydrogen-bond donors (Lipinski definition) is 0. The number of benzene rings is 1. The summed E-state index contributed by atoms with van der Waals surface area (Å²) in [7, 11) is 1.80. The van der Waals surface area contributed by atoms with Gasteiger partial charge in [0.05, 0.1) is 18.8 Å². The van der Waals surface area contributed by atoms with Gasteiger partial charge < -0.3 is 14.2 Å². The Hall–Kier alpha value is -0.170. The Morgan fingerprint density at radius 3 is 2.50 bits per heavy atom. The first kappa shape index (κ1) is 16.7. The molecule has 22 heavy (non-hydrogen) atoms. The van der Waals surface area contributed by atoms with Crippen molar-refractivity contribution in [1.82, 2.24) is 0 Å². The second kappa shape index (κ2) is 6.04. The van der Waals surface area contributed by atoms with Gasteiger partial charge in [0.2, 0.25) is 0 Å². The Labute approximate surface area is 146 Å². The molecule has 0 amide bonds. The van der Waals surface area contributed by atoms with E-state index in [1.165, 1.54) is 0 Å². The quantitative estimate of drug-likeness (QED) is 0.530. The van der Waals surface area contributed by atoms with E-state index in [2.05, 4.69) is 55.5 Å². The minimum absolute atomic E-state index is 0.00285. The van der Waals surface area contributed by atoms with E-state index < -0.39 is 0 Å². The molecule has 0 spiro atoms. The predicted molar refractivity (Wildman–Crippen MR) is 95.1 cm³/mol. The summed E-state index contributed by atoms with van der Waals surface area (Å²) in [5.74, 6) is 0. The molecule has 2 fully saturated rings. The molecular weight excluding hydrogens is 391 g/mol. The summed E-state index contributed by atoms with van der Waals surface area (Å²) < 4.78 is 18.8. The normalized spacial score (nSPS) is 41.0. The molecule has 3 nitrogen and oxygen atoms in total. The van der Waals surface area contributed by atoms with Crippen LogP contribution in [0.4, 0.5) is 0 Å². The maximum Gasteiger partial charge on any atom is 0.184 e. The molecule has 0 radical (unpaired) electrons. The number of fused-ring (bicyclic) bond motifs is 1. The Balaban J connectivity index is 1.88. The molecule has 5 unspecified atom stereocenters. The van der Waals surface area contributed by atoms with Crippen molar-refractivity contribution in [2.24, 2.45) is 10.8 Å². The molecule has 1 aliphatic heterocycles. The monoisotopic (exact) mass is 416 g/mol. The summed E-state index contributed by atoms with van der Waals surface area (Å²) >= 11 is 2.53. The SMILES string of the molecule is COC1C(I)C(C)(C)CC2(C)COC(c3ccccc3)OC12. The molecule has 2 aliphatic rings. The molecule has 1 aliphatic carbocycles. The van der Waals surface area contributed by atoms with Crippen molar-refractivity contribution in [1.29, 1.82) is 0 Å². The van der Waals surface area contributed by atoms with Crippen LogP contribution in [0, 0.1) is 10.8 Å². The third kappa shape index (κ3) is 2.83. The lowest BCUT2D eigenvalue weighted by Gasteiger charge is -2.56. The molecular formula is C18H25IO3. The van der Waals surface area contributed by atoms with Gasteiger partial charge in [-0.2, -0.15) is 0 Å². The van der Waals surface area contributed by atoms with Crippen LogP contribution in [0.2, 0.25) is 0 Å². The van der Waals surface area contributed by atoms with Crippen LogP contribution in [0.5, 0.6) is 0 Å². The fraction of sp³-hybridized carbons (Fsp3) is 0.667. The summed E-state index contributed by atoms with van der Waals surface area (Å²) in [5, 5.41) is 0. The van der Waals surface area contributed by atoms with Crippen LogP contribution in [0.15, 0.2) is 30.3 Å². The Kier molecular flexibility index (Phi) is 4.58. The van der Waals surface area contributed by atoms with Crippen LogP contribution in [-0.2, 0) is 14.2 Å². The van der Waals surface area contributed by atoms with Gasteiger partial charge in [-0.1, -0.05) is 73.7 Å². The van der Waals surface area contributed by atoms with E-state index in [1.54, 1.807) is 7.11 Å². The van der Waals surface area contributed by atoms with Crippen LogP contribution in [-0.4, -0.2) is 29.8 Å². The maximum atomic E-state index is 6.39. The van der Waals surface area contributed by atoms with Gasteiger partial charge in [-0.15, -0.1) is 0 Å². The first-order valence-corrected chi connectivity index (χ1v) is 9.11. The van der Waals surface area contributed by atoms with Gasteiger partial charge in [-0.3, -0.25) is 0 Å². The van der Waals surface area contributed by atoms with Gasteiger partial charge in [-0.05, 0) is 11.8 Å². The van der Waals surface area contributed by atoms with E-state index in [0.29, 0.717) is 10.5 Å². The number of methoxy groups -OCH3 is 1. The van der Waals surface area contributed by atoms with Crippen LogP contribution >= 0.6 is 22.6 Å². The number of hydrogen-bond acceptors (Lipinski definition) is 3.